The van der Waals surface area contributed by atoms with Gasteiger partial charge >= 0.3 is 0 Å². The van der Waals surface area contributed by atoms with Gasteiger partial charge in [-0.2, -0.15) is 0 Å². The summed E-state index contributed by atoms with van der Waals surface area (Å²) in [5.41, 5.74) is 5.38. The zero-order valence-electron chi connectivity index (χ0n) is 14.2. The van der Waals surface area contributed by atoms with Crippen molar-refractivity contribution in [3.63, 3.8) is 0 Å². The first-order valence-electron chi connectivity index (χ1n) is 8.38. The first-order valence-corrected chi connectivity index (χ1v) is 8.88. The third kappa shape index (κ3) is 3.28. The highest BCUT2D eigenvalue weighted by atomic mass is 31.0. The first-order chi connectivity index (χ1) is 11.6. The molecule has 0 aliphatic carbocycles. The Morgan fingerprint density at radius 1 is 1.17 bits per heavy atom. The van der Waals surface area contributed by atoms with Crippen LogP contribution in [0.2, 0.25) is 0 Å². The molecule has 0 aromatic heterocycles. The smallest absolute Gasteiger partial charge is 0.173 e. The summed E-state index contributed by atoms with van der Waals surface area (Å²) in [5.74, 6) is 0.173. The molecule has 0 radical (unpaired) electrons. The van der Waals surface area contributed by atoms with Crippen LogP contribution in [0.25, 0.3) is 11.1 Å². The number of benzene rings is 2. The molecule has 24 heavy (non-hydrogen) atoms. The summed E-state index contributed by atoms with van der Waals surface area (Å²) in [6.07, 6.45) is 1.92. The van der Waals surface area contributed by atoms with Gasteiger partial charge in [-0.15, -0.1) is 8.86 Å². The SMILES string of the molecule is CCCC(=P)N[C@@H]1C(=O)CN(C)c2ccccc2-c2ccccc21. The van der Waals surface area contributed by atoms with Gasteiger partial charge in [0.05, 0.1) is 12.6 Å². The van der Waals surface area contributed by atoms with E-state index in [-0.39, 0.29) is 11.8 Å². The lowest BCUT2D eigenvalue weighted by atomic mass is 9.89. The molecule has 0 amide bonds. The summed E-state index contributed by atoms with van der Waals surface area (Å²) in [5, 5.41) is 3.40. The van der Waals surface area contributed by atoms with E-state index in [1.54, 1.807) is 0 Å². The minimum atomic E-state index is -0.337. The normalized spacial score (nSPS) is 16.8. The van der Waals surface area contributed by atoms with E-state index >= 15 is 0 Å². The van der Waals surface area contributed by atoms with Crippen molar-refractivity contribution in [2.24, 2.45) is 0 Å². The van der Waals surface area contributed by atoms with Crippen molar-refractivity contribution in [1.82, 2.24) is 5.32 Å². The van der Waals surface area contributed by atoms with Crippen LogP contribution in [0.3, 0.4) is 0 Å². The van der Waals surface area contributed by atoms with Crippen molar-refractivity contribution < 1.29 is 4.79 Å². The molecule has 1 atom stereocenters. The van der Waals surface area contributed by atoms with Crippen molar-refractivity contribution >= 4 is 25.8 Å². The van der Waals surface area contributed by atoms with Gasteiger partial charge in [-0.05, 0) is 23.6 Å². The van der Waals surface area contributed by atoms with Gasteiger partial charge in [-0.25, -0.2) is 0 Å². The van der Waals surface area contributed by atoms with E-state index < -0.39 is 0 Å². The molecule has 2 aromatic rings. The highest BCUT2D eigenvalue weighted by Crippen LogP contribution is 2.37. The first kappa shape index (κ1) is 16.9. The van der Waals surface area contributed by atoms with Gasteiger partial charge in [0.15, 0.2) is 5.78 Å². The number of Topliss-reactive ketones (excluding diaryl/α,β-unsaturated/α-hetero) is 1. The number of para-hydroxylation sites is 1. The maximum Gasteiger partial charge on any atom is 0.173 e. The predicted molar refractivity (Wildman–Crippen MR) is 104 cm³/mol. The average Bonchev–Trinajstić information content (AvgIpc) is 2.59. The Hall–Kier alpha value is -1.96. The van der Waals surface area contributed by atoms with Gasteiger partial charge in [0.1, 0.15) is 0 Å². The monoisotopic (exact) mass is 338 g/mol. The Labute approximate surface area is 145 Å². The molecule has 4 heteroatoms. The van der Waals surface area contributed by atoms with Crippen LogP contribution in [0.15, 0.2) is 48.5 Å². The second-order valence-electron chi connectivity index (χ2n) is 6.23. The maximum atomic E-state index is 13.0. The van der Waals surface area contributed by atoms with Crippen molar-refractivity contribution in [1.29, 1.82) is 0 Å². The number of ketones is 1. The van der Waals surface area contributed by atoms with Crippen molar-refractivity contribution in [2.75, 3.05) is 18.5 Å². The number of hydrogen-bond acceptors (Lipinski definition) is 2. The van der Waals surface area contributed by atoms with Crippen LogP contribution in [-0.4, -0.2) is 24.8 Å². The summed E-state index contributed by atoms with van der Waals surface area (Å²) >= 11 is 0. The van der Waals surface area contributed by atoms with Crippen LogP contribution in [0.4, 0.5) is 5.69 Å². The molecule has 124 valence electrons. The van der Waals surface area contributed by atoms with Gasteiger partial charge in [-0.3, -0.25) is 10.1 Å². The fourth-order valence-corrected chi connectivity index (χ4v) is 3.66. The average molecular weight is 338 g/mol. The zero-order valence-corrected chi connectivity index (χ0v) is 15.2. The van der Waals surface area contributed by atoms with E-state index in [1.165, 1.54) is 5.56 Å². The van der Waals surface area contributed by atoms with E-state index in [9.17, 15) is 4.79 Å². The number of rotatable bonds is 4. The highest BCUT2D eigenvalue weighted by molar-refractivity contribution is 7.20. The van der Waals surface area contributed by atoms with Crippen molar-refractivity contribution in [3.8, 4) is 11.1 Å². The number of anilines is 1. The zero-order chi connectivity index (χ0) is 17.1. The molecule has 3 rings (SSSR count). The summed E-state index contributed by atoms with van der Waals surface area (Å²) in [4.78, 5) is 15.0. The number of nitrogens with one attached hydrogen (secondary N) is 1. The molecule has 0 unspecified atom stereocenters. The molecule has 3 nitrogen and oxygen atoms in total. The molecule has 1 N–H and O–H groups in total. The lowest BCUT2D eigenvalue weighted by Crippen LogP contribution is -2.39. The molecule has 0 spiro atoms. The van der Waals surface area contributed by atoms with Crippen LogP contribution < -0.4 is 10.2 Å². The minimum Gasteiger partial charge on any atom is -0.367 e. The molecular weight excluding hydrogens is 315 g/mol. The number of nitrogens with zero attached hydrogens (tertiary/aromatic N) is 1. The van der Waals surface area contributed by atoms with Crippen LogP contribution in [-0.2, 0) is 4.79 Å². The third-order valence-corrected chi connectivity index (χ3v) is 4.81. The van der Waals surface area contributed by atoms with Crippen molar-refractivity contribution in [2.45, 2.75) is 25.8 Å². The quantitative estimate of drug-likeness (QED) is 0.853. The number of hydrogen-bond donors (Lipinski definition) is 1. The summed E-state index contributed by atoms with van der Waals surface area (Å²) < 4.78 is 0. The van der Waals surface area contributed by atoms with E-state index in [4.69, 9.17) is 0 Å². The third-order valence-electron chi connectivity index (χ3n) is 4.41. The number of fused-ring (bicyclic) bond motifs is 3. The van der Waals surface area contributed by atoms with Gasteiger partial charge in [0.25, 0.3) is 0 Å². The van der Waals surface area contributed by atoms with E-state index in [0.717, 1.165) is 35.1 Å². The number of carbonyl (C=O) groups is 1. The molecule has 0 bridgehead atoms. The fraction of sp³-hybridized carbons (Fsp3) is 0.300. The lowest BCUT2D eigenvalue weighted by Gasteiger charge is -2.30. The Bertz CT molecular complexity index is 772. The van der Waals surface area contributed by atoms with Crippen LogP contribution in [0, 0.1) is 0 Å². The Morgan fingerprint density at radius 3 is 2.58 bits per heavy atom. The molecule has 2 aromatic carbocycles. The van der Waals surface area contributed by atoms with E-state index in [2.05, 4.69) is 45.4 Å². The number of likely N-dealkylation sites (N-methyl/N-ethyl adjacent to an activating group) is 1. The fourth-order valence-electron chi connectivity index (χ4n) is 3.27. The second kappa shape index (κ2) is 7.29. The molecule has 0 fully saturated rings. The summed E-state index contributed by atoms with van der Waals surface area (Å²) in [7, 11) is 5.62. The summed E-state index contributed by atoms with van der Waals surface area (Å²) in [6.45, 7) is 2.51. The Kier molecular flexibility index (Phi) is 5.13. The molecule has 1 aliphatic rings. The van der Waals surface area contributed by atoms with Gasteiger partial charge < -0.3 is 4.90 Å². The van der Waals surface area contributed by atoms with E-state index in [0.29, 0.717) is 6.54 Å². The second-order valence-corrected chi connectivity index (χ2v) is 6.84. The van der Waals surface area contributed by atoms with Crippen LogP contribution in [0.5, 0.6) is 0 Å². The standard InChI is InChI=1S/C20H23N2OP/c1-3-8-19(24)21-20-16-11-5-4-9-14(16)15-10-6-7-12-17(15)22(2)13-18(20)23/h4-7,9-12,20-21,24H,3,8,13H2,1-2H3/t20-/m0/s1. The molecule has 0 saturated carbocycles. The number of carbonyl (C=O) groups excluding carboxylic acids is 1. The topological polar surface area (TPSA) is 32.3 Å². The van der Waals surface area contributed by atoms with Gasteiger partial charge in [0.2, 0.25) is 0 Å². The van der Waals surface area contributed by atoms with Gasteiger partial charge in [0, 0.05) is 23.7 Å². The molecule has 1 aliphatic heterocycles. The highest BCUT2D eigenvalue weighted by Gasteiger charge is 2.28. The summed E-state index contributed by atoms with van der Waals surface area (Å²) in [6, 6.07) is 16.1. The molecule has 1 heterocycles. The van der Waals surface area contributed by atoms with Crippen molar-refractivity contribution in [3.05, 3.63) is 54.1 Å². The predicted octanol–water partition coefficient (Wildman–Crippen LogP) is 4.08. The largest absolute Gasteiger partial charge is 0.367 e. The van der Waals surface area contributed by atoms with Crippen LogP contribution >= 0.6 is 8.86 Å². The minimum absolute atomic E-state index is 0.173. The van der Waals surface area contributed by atoms with Gasteiger partial charge in [-0.1, -0.05) is 55.8 Å². The van der Waals surface area contributed by atoms with E-state index in [1.807, 2.05) is 36.2 Å². The van der Waals surface area contributed by atoms with Crippen LogP contribution in [0.1, 0.15) is 31.4 Å². The molecular formula is C20H23N2OP. The maximum absolute atomic E-state index is 13.0. The molecule has 0 saturated heterocycles. The Morgan fingerprint density at radius 2 is 1.83 bits per heavy atom. The Balaban J connectivity index is 2.12. The lowest BCUT2D eigenvalue weighted by molar-refractivity contribution is -0.119.